The fourth-order valence-corrected chi connectivity index (χ4v) is 2.73. The van der Waals surface area contributed by atoms with Gasteiger partial charge in [-0.05, 0) is 37.5 Å². The highest BCUT2D eigenvalue weighted by Crippen LogP contribution is 2.10. The van der Waals surface area contributed by atoms with Gasteiger partial charge in [0.2, 0.25) is 0 Å². The van der Waals surface area contributed by atoms with Crippen LogP contribution in [0.5, 0.6) is 0 Å². The highest BCUT2D eigenvalue weighted by molar-refractivity contribution is 5.79. The second kappa shape index (κ2) is 9.20. The number of aromatic nitrogens is 3. The first kappa shape index (κ1) is 19.0. The predicted molar refractivity (Wildman–Crippen MR) is 103 cm³/mol. The molecule has 0 fully saturated rings. The molecule has 0 aliphatic rings. The average molecular weight is 342 g/mol. The Morgan fingerprint density at radius 1 is 1.20 bits per heavy atom. The van der Waals surface area contributed by atoms with Crippen molar-refractivity contribution in [3.63, 3.8) is 0 Å². The molecule has 2 N–H and O–H groups in total. The second-order valence-electron chi connectivity index (χ2n) is 6.35. The van der Waals surface area contributed by atoms with E-state index in [-0.39, 0.29) is 0 Å². The normalized spacial score (nSPS) is 11.8. The number of nitrogens with one attached hydrogen (secondary N) is 2. The number of rotatable bonds is 7. The van der Waals surface area contributed by atoms with Gasteiger partial charge >= 0.3 is 0 Å². The Morgan fingerprint density at radius 2 is 1.96 bits per heavy atom. The topological polar surface area (TPSA) is 67.1 Å². The van der Waals surface area contributed by atoms with Crippen molar-refractivity contribution in [2.24, 2.45) is 10.9 Å². The van der Waals surface area contributed by atoms with Gasteiger partial charge in [-0.2, -0.15) is 5.10 Å². The lowest BCUT2D eigenvalue weighted by Gasteiger charge is -2.16. The minimum atomic E-state index is 0.681. The Morgan fingerprint density at radius 3 is 2.48 bits per heavy atom. The molecular formula is C19H30N6. The summed E-state index contributed by atoms with van der Waals surface area (Å²) in [6.07, 6.45) is 4.24. The summed E-state index contributed by atoms with van der Waals surface area (Å²) in [4.78, 5) is 8.81. The summed E-state index contributed by atoms with van der Waals surface area (Å²) in [5, 5.41) is 11.2. The zero-order valence-corrected chi connectivity index (χ0v) is 16.0. The van der Waals surface area contributed by atoms with Gasteiger partial charge in [-0.3, -0.25) is 4.99 Å². The average Bonchev–Trinajstić information content (AvgIpc) is 2.97. The summed E-state index contributed by atoms with van der Waals surface area (Å²) >= 11 is 0. The van der Waals surface area contributed by atoms with E-state index < -0.39 is 0 Å². The summed E-state index contributed by atoms with van der Waals surface area (Å²) in [5.41, 5.74) is 3.19. The van der Waals surface area contributed by atoms with Crippen molar-refractivity contribution in [2.75, 3.05) is 13.6 Å². The number of aliphatic imine (C=N–C) groups is 1. The first-order valence-electron chi connectivity index (χ1n) is 9.00. The van der Waals surface area contributed by atoms with E-state index in [2.05, 4.69) is 45.6 Å². The molecule has 0 saturated heterocycles. The summed E-state index contributed by atoms with van der Waals surface area (Å²) in [6.45, 7) is 10.1. The lowest BCUT2D eigenvalue weighted by atomic mass is 10.0. The van der Waals surface area contributed by atoms with Crippen LogP contribution in [-0.4, -0.2) is 34.3 Å². The molecule has 0 spiro atoms. The quantitative estimate of drug-likeness (QED) is 0.600. The maximum Gasteiger partial charge on any atom is 0.191 e. The fourth-order valence-electron chi connectivity index (χ4n) is 2.73. The molecule has 2 rings (SSSR count). The molecule has 2 heterocycles. The van der Waals surface area contributed by atoms with Crippen molar-refractivity contribution < 1.29 is 0 Å². The molecule has 2 aromatic heterocycles. The van der Waals surface area contributed by atoms with E-state index in [1.54, 1.807) is 7.05 Å². The smallest absolute Gasteiger partial charge is 0.191 e. The van der Waals surface area contributed by atoms with E-state index in [1.807, 2.05) is 36.9 Å². The Bertz CT molecular complexity index is 682. The third-order valence-electron chi connectivity index (χ3n) is 4.43. The van der Waals surface area contributed by atoms with Crippen molar-refractivity contribution in [3.05, 3.63) is 41.3 Å². The zero-order valence-electron chi connectivity index (χ0n) is 16.0. The van der Waals surface area contributed by atoms with Crippen LogP contribution in [0, 0.1) is 19.8 Å². The van der Waals surface area contributed by atoms with Crippen LogP contribution in [0.3, 0.4) is 0 Å². The minimum Gasteiger partial charge on any atom is -0.356 e. The molecule has 0 aromatic carbocycles. The van der Waals surface area contributed by atoms with Gasteiger partial charge in [-0.25, -0.2) is 9.67 Å². The van der Waals surface area contributed by atoms with Gasteiger partial charge in [0.25, 0.3) is 0 Å². The minimum absolute atomic E-state index is 0.681. The second-order valence-corrected chi connectivity index (χ2v) is 6.35. The number of pyridine rings is 1. The van der Waals surface area contributed by atoms with Crippen LogP contribution in [0.2, 0.25) is 0 Å². The summed E-state index contributed by atoms with van der Waals surface area (Å²) in [7, 11) is 1.80. The Hall–Kier alpha value is -2.37. The van der Waals surface area contributed by atoms with E-state index in [1.165, 1.54) is 12.8 Å². The monoisotopic (exact) mass is 342 g/mol. The van der Waals surface area contributed by atoms with Crippen LogP contribution in [0.4, 0.5) is 0 Å². The van der Waals surface area contributed by atoms with Crippen molar-refractivity contribution in [1.82, 2.24) is 25.4 Å². The van der Waals surface area contributed by atoms with Crippen molar-refractivity contribution in [3.8, 4) is 5.82 Å². The molecule has 0 unspecified atom stereocenters. The fraction of sp³-hybridized carbons (Fsp3) is 0.526. The number of nitrogens with zero attached hydrogens (tertiary/aromatic N) is 4. The van der Waals surface area contributed by atoms with E-state index in [0.717, 1.165) is 35.3 Å². The molecule has 0 saturated carbocycles. The van der Waals surface area contributed by atoms with Crippen LogP contribution < -0.4 is 10.6 Å². The molecule has 0 aliphatic heterocycles. The van der Waals surface area contributed by atoms with Gasteiger partial charge in [-0.1, -0.05) is 32.8 Å². The van der Waals surface area contributed by atoms with Gasteiger partial charge in [0.15, 0.2) is 11.8 Å². The number of aryl methyl sites for hydroxylation is 2. The summed E-state index contributed by atoms with van der Waals surface area (Å²) in [5.74, 6) is 2.35. The number of hydrogen-bond donors (Lipinski definition) is 2. The maximum absolute atomic E-state index is 4.53. The molecule has 6 heteroatoms. The van der Waals surface area contributed by atoms with Crippen LogP contribution in [0.1, 0.15) is 43.6 Å². The maximum atomic E-state index is 4.53. The molecule has 0 radical (unpaired) electrons. The lowest BCUT2D eigenvalue weighted by molar-refractivity contribution is 0.481. The van der Waals surface area contributed by atoms with Crippen LogP contribution in [0.15, 0.2) is 29.4 Å². The van der Waals surface area contributed by atoms with Crippen LogP contribution >= 0.6 is 0 Å². The van der Waals surface area contributed by atoms with Crippen molar-refractivity contribution >= 4 is 5.96 Å². The van der Waals surface area contributed by atoms with Gasteiger partial charge in [0, 0.05) is 32.0 Å². The third-order valence-corrected chi connectivity index (χ3v) is 4.43. The lowest BCUT2D eigenvalue weighted by Crippen LogP contribution is -2.39. The molecule has 0 bridgehead atoms. The molecule has 0 atom stereocenters. The molecular weight excluding hydrogens is 312 g/mol. The van der Waals surface area contributed by atoms with E-state index >= 15 is 0 Å². The van der Waals surface area contributed by atoms with Crippen LogP contribution in [-0.2, 0) is 6.54 Å². The van der Waals surface area contributed by atoms with Gasteiger partial charge in [0.05, 0.1) is 5.69 Å². The SMILES string of the molecule is CCC(CC)CNC(=NC)NCc1ccc(-n2nc(C)cc2C)nc1. The molecule has 6 nitrogen and oxygen atoms in total. The molecule has 25 heavy (non-hydrogen) atoms. The van der Waals surface area contributed by atoms with Crippen molar-refractivity contribution in [1.29, 1.82) is 0 Å². The van der Waals surface area contributed by atoms with E-state index in [4.69, 9.17) is 0 Å². The Balaban J connectivity index is 1.91. The standard InChI is InChI=1S/C19H30N6/c1-6-16(7-2)11-22-19(20-5)23-13-17-8-9-18(21-12-17)25-15(4)10-14(3)24-25/h8-10,12,16H,6-7,11,13H2,1-5H3,(H2,20,22,23). The molecule has 0 aliphatic carbocycles. The number of hydrogen-bond acceptors (Lipinski definition) is 3. The zero-order chi connectivity index (χ0) is 18.2. The van der Waals surface area contributed by atoms with E-state index in [0.29, 0.717) is 12.5 Å². The van der Waals surface area contributed by atoms with E-state index in [9.17, 15) is 0 Å². The third kappa shape index (κ3) is 5.31. The largest absolute Gasteiger partial charge is 0.356 e. The van der Waals surface area contributed by atoms with Crippen LogP contribution in [0.25, 0.3) is 5.82 Å². The number of guanidine groups is 1. The summed E-state index contributed by atoms with van der Waals surface area (Å²) < 4.78 is 1.86. The Kier molecular flexibility index (Phi) is 6.98. The Labute approximate surface area is 150 Å². The van der Waals surface area contributed by atoms with Gasteiger partial charge in [-0.15, -0.1) is 0 Å². The first-order valence-corrected chi connectivity index (χ1v) is 9.00. The molecule has 136 valence electrons. The molecule has 0 amide bonds. The van der Waals surface area contributed by atoms with Crippen molar-refractivity contribution in [2.45, 2.75) is 47.1 Å². The predicted octanol–water partition coefficient (Wildman–Crippen LogP) is 2.99. The van der Waals surface area contributed by atoms with Gasteiger partial charge in [0.1, 0.15) is 0 Å². The highest BCUT2D eigenvalue weighted by atomic mass is 15.3. The molecule has 2 aromatic rings. The first-order chi connectivity index (χ1) is 12.1. The highest BCUT2D eigenvalue weighted by Gasteiger charge is 2.07. The van der Waals surface area contributed by atoms with Gasteiger partial charge < -0.3 is 10.6 Å². The summed E-state index contributed by atoms with van der Waals surface area (Å²) in [6, 6.07) is 6.11.